The number of carbonyl (C=O) groups excluding carboxylic acids is 1. The maximum Gasteiger partial charge on any atom is 0.262 e. The monoisotopic (exact) mass is 345 g/mol. The highest BCUT2D eigenvalue weighted by Crippen LogP contribution is 2.45. The Hall–Kier alpha value is -2.81. The first-order chi connectivity index (χ1) is 12.6. The van der Waals surface area contributed by atoms with Crippen molar-refractivity contribution >= 4 is 17.2 Å². The number of nitrogens with zero attached hydrogens (tertiary/aromatic N) is 1. The largest absolute Gasteiger partial charge is 0.496 e. The van der Waals surface area contributed by atoms with Gasteiger partial charge in [0, 0.05) is 17.4 Å². The number of ether oxygens (including phenoxy) is 1. The van der Waals surface area contributed by atoms with E-state index in [1.54, 1.807) is 0 Å². The molecule has 3 heteroatoms. The summed E-state index contributed by atoms with van der Waals surface area (Å²) in [5, 5.41) is 0. The van der Waals surface area contributed by atoms with E-state index in [4.69, 9.17) is 4.74 Å². The molecule has 1 saturated heterocycles. The van der Waals surface area contributed by atoms with Crippen molar-refractivity contribution in [3.05, 3.63) is 83.6 Å². The molecule has 0 unspecified atom stereocenters. The van der Waals surface area contributed by atoms with Crippen molar-refractivity contribution < 1.29 is 9.53 Å². The molecule has 2 aliphatic rings. The molecule has 0 spiro atoms. The number of carbonyl (C=O) groups is 1. The highest BCUT2D eigenvalue weighted by atomic mass is 16.5. The first-order valence-corrected chi connectivity index (χ1v) is 9.05. The molecule has 2 atom stereocenters. The summed E-state index contributed by atoms with van der Waals surface area (Å²) in [5.41, 5.74) is 4.86. The Morgan fingerprint density at radius 2 is 1.85 bits per heavy atom. The average molecular weight is 345 g/mol. The molecule has 3 nitrogen and oxygen atoms in total. The van der Waals surface area contributed by atoms with E-state index in [-0.39, 0.29) is 17.7 Å². The van der Waals surface area contributed by atoms with Crippen LogP contribution in [0.15, 0.2) is 72.5 Å². The molecule has 2 heterocycles. The molecule has 2 aliphatic heterocycles. The molecule has 1 amide bonds. The molecule has 26 heavy (non-hydrogen) atoms. The molecule has 2 aromatic carbocycles. The molecule has 2 aromatic rings. The molecule has 0 radical (unpaired) electrons. The van der Waals surface area contributed by atoms with E-state index in [2.05, 4.69) is 13.5 Å². The molecule has 132 valence electrons. The van der Waals surface area contributed by atoms with E-state index in [0.29, 0.717) is 18.7 Å². The molecular formula is C23H23NO2. The van der Waals surface area contributed by atoms with Crippen LogP contribution in [0.5, 0.6) is 0 Å². The summed E-state index contributed by atoms with van der Waals surface area (Å²) in [6.07, 6.45) is 0. The predicted molar refractivity (Wildman–Crippen MR) is 104 cm³/mol. The number of benzene rings is 2. The highest BCUT2D eigenvalue weighted by molar-refractivity contribution is 6.33. The highest BCUT2D eigenvalue weighted by Gasteiger charge is 2.40. The number of anilines is 1. The van der Waals surface area contributed by atoms with Crippen molar-refractivity contribution in [2.24, 2.45) is 11.8 Å². The van der Waals surface area contributed by atoms with E-state index in [1.165, 1.54) is 0 Å². The lowest BCUT2D eigenvalue weighted by Gasteiger charge is -2.17. The van der Waals surface area contributed by atoms with Crippen LogP contribution in [-0.2, 0) is 16.1 Å². The summed E-state index contributed by atoms with van der Waals surface area (Å²) in [6.45, 7) is 9.41. The first kappa shape index (κ1) is 16.6. The fraction of sp³-hybridized carbons (Fsp3) is 0.261. The fourth-order valence-corrected chi connectivity index (χ4v) is 3.95. The predicted octanol–water partition coefficient (Wildman–Crippen LogP) is 4.80. The lowest BCUT2D eigenvalue weighted by Crippen LogP contribution is -2.26. The Kier molecular flexibility index (Phi) is 4.15. The van der Waals surface area contributed by atoms with E-state index >= 15 is 0 Å². The van der Waals surface area contributed by atoms with E-state index in [9.17, 15) is 4.79 Å². The lowest BCUT2D eigenvalue weighted by molar-refractivity contribution is -0.113. The van der Waals surface area contributed by atoms with E-state index in [1.807, 2.05) is 66.4 Å². The third-order valence-corrected chi connectivity index (χ3v) is 5.42. The fourth-order valence-electron chi connectivity index (χ4n) is 3.95. The van der Waals surface area contributed by atoms with Gasteiger partial charge in [0.1, 0.15) is 5.76 Å². The van der Waals surface area contributed by atoms with Crippen LogP contribution >= 0.6 is 0 Å². The molecule has 0 bridgehead atoms. The lowest BCUT2D eigenvalue weighted by atomic mass is 9.88. The van der Waals surface area contributed by atoms with Crippen molar-refractivity contribution in [3.63, 3.8) is 0 Å². The van der Waals surface area contributed by atoms with Crippen LogP contribution in [0.1, 0.15) is 25.0 Å². The Morgan fingerprint density at radius 3 is 2.54 bits per heavy atom. The number of fused-ring (bicyclic) bond motifs is 1. The van der Waals surface area contributed by atoms with Crippen molar-refractivity contribution in [3.8, 4) is 0 Å². The van der Waals surface area contributed by atoms with Crippen molar-refractivity contribution in [2.45, 2.75) is 20.4 Å². The summed E-state index contributed by atoms with van der Waals surface area (Å²) in [4.78, 5) is 15.2. The number of hydrogen-bond acceptors (Lipinski definition) is 2. The second-order valence-corrected chi connectivity index (χ2v) is 7.19. The quantitative estimate of drug-likeness (QED) is 0.590. The SMILES string of the molecule is C=C(C)[C@@H]1CO/C(=C2/C(=O)N(Cc3ccccc3)c3ccccc32)[C@H]1C. The van der Waals surface area contributed by atoms with E-state index in [0.717, 1.165) is 28.1 Å². The zero-order chi connectivity index (χ0) is 18.3. The van der Waals surface area contributed by atoms with Gasteiger partial charge in [0.25, 0.3) is 5.91 Å². The minimum absolute atomic E-state index is 0.0271. The maximum absolute atomic E-state index is 13.3. The third-order valence-electron chi connectivity index (χ3n) is 5.42. The number of allylic oxidation sites excluding steroid dienone is 1. The summed E-state index contributed by atoms with van der Waals surface area (Å²) >= 11 is 0. The summed E-state index contributed by atoms with van der Waals surface area (Å²) < 4.78 is 6.02. The Bertz CT molecular complexity index is 897. The van der Waals surface area contributed by atoms with Crippen LogP contribution in [0.2, 0.25) is 0 Å². The molecule has 0 aliphatic carbocycles. The van der Waals surface area contributed by atoms with Crippen molar-refractivity contribution in [2.75, 3.05) is 11.5 Å². The van der Waals surface area contributed by atoms with Gasteiger partial charge in [-0.2, -0.15) is 0 Å². The second kappa shape index (κ2) is 6.49. The van der Waals surface area contributed by atoms with Gasteiger partial charge in [-0.25, -0.2) is 0 Å². The van der Waals surface area contributed by atoms with Gasteiger partial charge in [0.2, 0.25) is 0 Å². The normalized spacial score (nSPS) is 24.5. The topological polar surface area (TPSA) is 29.5 Å². The van der Waals surface area contributed by atoms with Gasteiger partial charge in [-0.05, 0) is 18.6 Å². The zero-order valence-corrected chi connectivity index (χ0v) is 15.2. The average Bonchev–Trinajstić information content (AvgIpc) is 3.14. The van der Waals surface area contributed by atoms with Crippen LogP contribution < -0.4 is 4.90 Å². The number of para-hydroxylation sites is 1. The smallest absolute Gasteiger partial charge is 0.262 e. The minimum atomic E-state index is 0.0271. The van der Waals surface area contributed by atoms with Gasteiger partial charge < -0.3 is 9.64 Å². The molecular weight excluding hydrogens is 322 g/mol. The van der Waals surface area contributed by atoms with Gasteiger partial charge in [-0.15, -0.1) is 0 Å². The van der Waals surface area contributed by atoms with Gasteiger partial charge in [-0.3, -0.25) is 4.79 Å². The number of amides is 1. The van der Waals surface area contributed by atoms with Gasteiger partial charge in [0.05, 0.1) is 24.4 Å². The van der Waals surface area contributed by atoms with Crippen molar-refractivity contribution in [1.29, 1.82) is 0 Å². The van der Waals surface area contributed by atoms with Crippen LogP contribution in [0, 0.1) is 11.8 Å². The number of rotatable bonds is 3. The van der Waals surface area contributed by atoms with Crippen LogP contribution in [-0.4, -0.2) is 12.5 Å². The van der Waals surface area contributed by atoms with Crippen LogP contribution in [0.3, 0.4) is 0 Å². The zero-order valence-electron chi connectivity index (χ0n) is 15.2. The third kappa shape index (κ3) is 2.64. The summed E-state index contributed by atoms with van der Waals surface area (Å²) in [5.74, 6) is 1.27. The Morgan fingerprint density at radius 1 is 1.15 bits per heavy atom. The van der Waals surface area contributed by atoms with Crippen LogP contribution in [0.4, 0.5) is 5.69 Å². The van der Waals surface area contributed by atoms with E-state index < -0.39 is 0 Å². The summed E-state index contributed by atoms with van der Waals surface area (Å²) in [7, 11) is 0. The molecule has 0 N–H and O–H groups in total. The Balaban J connectivity index is 1.77. The summed E-state index contributed by atoms with van der Waals surface area (Å²) in [6, 6.07) is 18.1. The minimum Gasteiger partial charge on any atom is -0.496 e. The van der Waals surface area contributed by atoms with Gasteiger partial charge in [-0.1, -0.05) is 67.6 Å². The standard InChI is InChI=1S/C23H23NO2/c1-15(2)19-14-26-22(16(19)3)21-18-11-7-8-12-20(18)24(23(21)25)13-17-9-5-4-6-10-17/h4-12,16,19H,1,13-14H2,2-3H3/b22-21+/t16-,19-/m0/s1. The van der Waals surface area contributed by atoms with Crippen molar-refractivity contribution in [1.82, 2.24) is 0 Å². The molecule has 0 aromatic heterocycles. The van der Waals surface area contributed by atoms with Gasteiger partial charge in [0.15, 0.2) is 0 Å². The van der Waals surface area contributed by atoms with Crippen LogP contribution in [0.25, 0.3) is 5.57 Å². The Labute approximate surface area is 154 Å². The molecule has 1 fully saturated rings. The van der Waals surface area contributed by atoms with Gasteiger partial charge >= 0.3 is 0 Å². The maximum atomic E-state index is 13.3. The molecule has 0 saturated carbocycles. The number of hydrogen-bond donors (Lipinski definition) is 0. The molecule has 4 rings (SSSR count). The first-order valence-electron chi connectivity index (χ1n) is 9.05. The second-order valence-electron chi connectivity index (χ2n) is 7.19.